The largest absolute Gasteiger partial charge is 0.290 e. The molecular formula is C19H28N8O4. The van der Waals surface area contributed by atoms with Crippen LogP contribution < -0.4 is 21.7 Å². The van der Waals surface area contributed by atoms with Gasteiger partial charge in [-0.15, -0.1) is 0 Å². The number of amides is 4. The minimum absolute atomic E-state index is 0.206. The molecule has 0 aliphatic carbocycles. The van der Waals surface area contributed by atoms with E-state index in [-0.39, 0.29) is 23.2 Å². The van der Waals surface area contributed by atoms with Crippen molar-refractivity contribution >= 4 is 23.6 Å². The summed E-state index contributed by atoms with van der Waals surface area (Å²) in [4.78, 5) is 47.0. The summed E-state index contributed by atoms with van der Waals surface area (Å²) < 4.78 is 0. The molecule has 2 heterocycles. The highest BCUT2D eigenvalue weighted by molar-refractivity contribution is 5.94. The Hall–Kier alpha value is -3.70. The molecule has 0 saturated heterocycles. The Balaban J connectivity index is 1.45. The van der Waals surface area contributed by atoms with Crippen LogP contribution >= 0.6 is 0 Å². The highest BCUT2D eigenvalue weighted by Gasteiger charge is 2.11. The van der Waals surface area contributed by atoms with E-state index in [9.17, 15) is 19.2 Å². The van der Waals surface area contributed by atoms with Gasteiger partial charge in [0, 0.05) is 24.2 Å². The van der Waals surface area contributed by atoms with Crippen molar-refractivity contribution in [2.24, 2.45) is 0 Å². The molecular weight excluding hydrogens is 404 g/mol. The van der Waals surface area contributed by atoms with E-state index in [0.717, 1.165) is 30.7 Å². The molecule has 0 unspecified atom stereocenters. The average Bonchev–Trinajstić information content (AvgIpc) is 3.37. The number of hydrogen-bond acceptors (Lipinski definition) is 6. The normalized spacial score (nSPS) is 10.4. The smallest absolute Gasteiger partial charge is 0.282 e. The topological polar surface area (TPSA) is 174 Å². The predicted molar refractivity (Wildman–Crippen MR) is 110 cm³/mol. The number of unbranched alkanes of at least 4 members (excludes halogenated alkanes) is 4. The first-order chi connectivity index (χ1) is 14.8. The maximum absolute atomic E-state index is 11.8. The third-order valence-corrected chi connectivity index (χ3v) is 4.32. The Morgan fingerprint density at radius 1 is 0.677 bits per heavy atom. The number of H-pyrrole nitrogens is 2. The number of carbonyl (C=O) groups excluding carboxylic acids is 4. The van der Waals surface area contributed by atoms with Gasteiger partial charge in [0.25, 0.3) is 11.8 Å². The van der Waals surface area contributed by atoms with E-state index in [1.807, 2.05) is 0 Å². The Bertz CT molecular complexity index is 832. The lowest BCUT2D eigenvalue weighted by Crippen LogP contribution is -2.41. The second-order valence-corrected chi connectivity index (χ2v) is 7.14. The van der Waals surface area contributed by atoms with Crippen molar-refractivity contribution in [1.29, 1.82) is 0 Å². The number of hydrazine groups is 2. The molecule has 0 aromatic carbocycles. The van der Waals surface area contributed by atoms with Gasteiger partial charge >= 0.3 is 0 Å². The molecule has 31 heavy (non-hydrogen) atoms. The van der Waals surface area contributed by atoms with E-state index in [1.54, 1.807) is 26.0 Å². The van der Waals surface area contributed by atoms with Crippen molar-refractivity contribution in [3.05, 3.63) is 34.9 Å². The van der Waals surface area contributed by atoms with Crippen LogP contribution in [0.3, 0.4) is 0 Å². The van der Waals surface area contributed by atoms with Gasteiger partial charge in [0.2, 0.25) is 11.8 Å². The van der Waals surface area contributed by atoms with Crippen molar-refractivity contribution in [2.45, 2.75) is 58.8 Å². The molecule has 0 radical (unpaired) electrons. The first-order valence-electron chi connectivity index (χ1n) is 10.1. The number of nitrogens with one attached hydrogen (secondary N) is 6. The standard InChI is InChI=1S/C19H28N8O4/c1-12-10-14(22-20-12)18(30)26-24-16(28)8-6-4-3-5-7-9-17(29)25-27-19(31)15-11-13(2)21-23-15/h10-11H,3-9H2,1-2H3,(H,20,22)(H,21,23)(H,24,28)(H,25,29)(H,26,30)(H,27,31). The summed E-state index contributed by atoms with van der Waals surface area (Å²) in [6, 6.07) is 3.16. The predicted octanol–water partition coefficient (Wildman–Crippen LogP) is 0.703. The molecule has 2 aromatic heterocycles. The van der Waals surface area contributed by atoms with Crippen molar-refractivity contribution in [2.75, 3.05) is 0 Å². The van der Waals surface area contributed by atoms with Gasteiger partial charge in [-0.1, -0.05) is 19.3 Å². The maximum Gasteiger partial charge on any atom is 0.290 e. The fourth-order valence-electron chi connectivity index (χ4n) is 2.68. The third-order valence-electron chi connectivity index (χ3n) is 4.32. The fraction of sp³-hybridized carbons (Fsp3) is 0.474. The van der Waals surface area contributed by atoms with Crippen LogP contribution in [0.5, 0.6) is 0 Å². The number of aromatic nitrogens is 4. The second-order valence-electron chi connectivity index (χ2n) is 7.14. The summed E-state index contributed by atoms with van der Waals surface area (Å²) in [5.74, 6) is -1.51. The number of carbonyl (C=O) groups is 4. The van der Waals surface area contributed by atoms with Gasteiger partial charge in [-0.25, -0.2) is 0 Å². The molecule has 12 nitrogen and oxygen atoms in total. The van der Waals surface area contributed by atoms with E-state index < -0.39 is 11.8 Å². The Labute approximate surface area is 179 Å². The lowest BCUT2D eigenvalue weighted by molar-refractivity contribution is -0.122. The van der Waals surface area contributed by atoms with Crippen molar-refractivity contribution in [3.63, 3.8) is 0 Å². The van der Waals surface area contributed by atoms with Crippen LogP contribution in [0, 0.1) is 13.8 Å². The molecule has 0 bridgehead atoms. The molecule has 0 fully saturated rings. The summed E-state index contributed by atoms with van der Waals surface area (Å²) in [6.45, 7) is 3.55. The molecule has 2 rings (SSSR count). The second kappa shape index (κ2) is 12.1. The molecule has 0 aliphatic heterocycles. The van der Waals surface area contributed by atoms with E-state index in [1.165, 1.54) is 0 Å². The van der Waals surface area contributed by atoms with Crippen LogP contribution in [-0.4, -0.2) is 44.0 Å². The average molecular weight is 432 g/mol. The SMILES string of the molecule is Cc1cc(C(=O)NNC(=O)CCCCCCCC(=O)NNC(=O)c2cc(C)[nH]n2)n[nH]1. The van der Waals surface area contributed by atoms with Gasteiger partial charge < -0.3 is 0 Å². The van der Waals surface area contributed by atoms with Crippen LogP contribution in [0.1, 0.15) is 77.3 Å². The molecule has 0 saturated carbocycles. The first-order valence-corrected chi connectivity index (χ1v) is 10.1. The van der Waals surface area contributed by atoms with Gasteiger partial charge in [0.05, 0.1) is 0 Å². The minimum Gasteiger partial charge on any atom is -0.282 e. The van der Waals surface area contributed by atoms with E-state index in [4.69, 9.17) is 0 Å². The van der Waals surface area contributed by atoms with Gasteiger partial charge in [-0.05, 0) is 38.8 Å². The summed E-state index contributed by atoms with van der Waals surface area (Å²) in [5.41, 5.74) is 11.3. The quantitative estimate of drug-likeness (QED) is 0.238. The monoisotopic (exact) mass is 432 g/mol. The summed E-state index contributed by atoms with van der Waals surface area (Å²) >= 11 is 0. The zero-order chi connectivity index (χ0) is 22.6. The van der Waals surface area contributed by atoms with Crippen molar-refractivity contribution in [3.8, 4) is 0 Å². The lowest BCUT2D eigenvalue weighted by Gasteiger charge is -2.07. The Morgan fingerprint density at radius 3 is 1.42 bits per heavy atom. The van der Waals surface area contributed by atoms with Crippen LogP contribution in [-0.2, 0) is 9.59 Å². The highest BCUT2D eigenvalue weighted by atomic mass is 16.2. The lowest BCUT2D eigenvalue weighted by atomic mass is 10.1. The number of aryl methyl sites for hydroxylation is 2. The Kier molecular flexibility index (Phi) is 9.20. The van der Waals surface area contributed by atoms with Crippen molar-refractivity contribution < 1.29 is 19.2 Å². The molecule has 168 valence electrons. The summed E-state index contributed by atoms with van der Waals surface area (Å²) in [6.07, 6.45) is 4.47. The minimum atomic E-state index is -0.480. The van der Waals surface area contributed by atoms with Gasteiger partial charge in [-0.2, -0.15) is 10.2 Å². The number of nitrogens with zero attached hydrogens (tertiary/aromatic N) is 2. The van der Waals surface area contributed by atoms with E-state index in [2.05, 4.69) is 42.1 Å². The number of rotatable bonds is 10. The summed E-state index contributed by atoms with van der Waals surface area (Å²) in [5, 5.41) is 12.9. The zero-order valence-electron chi connectivity index (χ0n) is 17.6. The van der Waals surface area contributed by atoms with Gasteiger partial charge in [0.1, 0.15) is 0 Å². The molecule has 6 N–H and O–H groups in total. The molecule has 12 heteroatoms. The molecule has 2 aromatic rings. The molecule has 4 amide bonds. The number of aromatic amines is 2. The highest BCUT2D eigenvalue weighted by Crippen LogP contribution is 2.07. The molecule has 0 aliphatic rings. The van der Waals surface area contributed by atoms with Crippen molar-refractivity contribution in [1.82, 2.24) is 42.1 Å². The maximum atomic E-state index is 11.8. The molecule has 0 spiro atoms. The van der Waals surface area contributed by atoms with Gasteiger partial charge in [0.15, 0.2) is 11.4 Å². The van der Waals surface area contributed by atoms with Crippen LogP contribution in [0.2, 0.25) is 0 Å². The van der Waals surface area contributed by atoms with Crippen LogP contribution in [0.25, 0.3) is 0 Å². The zero-order valence-corrected chi connectivity index (χ0v) is 17.6. The first kappa shape index (κ1) is 23.6. The third kappa shape index (κ3) is 8.68. The summed E-state index contributed by atoms with van der Waals surface area (Å²) in [7, 11) is 0. The Morgan fingerprint density at radius 2 is 1.06 bits per heavy atom. The van der Waals surface area contributed by atoms with E-state index in [0.29, 0.717) is 25.7 Å². The fourth-order valence-corrected chi connectivity index (χ4v) is 2.68. The van der Waals surface area contributed by atoms with Crippen LogP contribution in [0.4, 0.5) is 0 Å². The molecule has 0 atom stereocenters. The van der Waals surface area contributed by atoms with Gasteiger partial charge in [-0.3, -0.25) is 51.1 Å². The number of hydrogen-bond donors (Lipinski definition) is 6. The van der Waals surface area contributed by atoms with E-state index >= 15 is 0 Å². The van der Waals surface area contributed by atoms with Crippen LogP contribution in [0.15, 0.2) is 12.1 Å².